The van der Waals surface area contributed by atoms with E-state index in [4.69, 9.17) is 9.84 Å². The van der Waals surface area contributed by atoms with Crippen LogP contribution in [0.25, 0.3) is 0 Å². The van der Waals surface area contributed by atoms with Crippen LogP contribution in [0.5, 0.6) is 5.75 Å². The van der Waals surface area contributed by atoms with E-state index in [1.807, 2.05) is 11.8 Å². The van der Waals surface area contributed by atoms with Gasteiger partial charge in [-0.15, -0.1) is 0 Å². The number of hydrogen-bond donors (Lipinski definition) is 1. The molecular weight excluding hydrogens is 248 g/mol. The highest BCUT2D eigenvalue weighted by Crippen LogP contribution is 2.18. The average Bonchev–Trinajstić information content (AvgIpc) is 2.33. The summed E-state index contributed by atoms with van der Waals surface area (Å²) in [6.45, 7) is 4.97. The third-order valence-corrected chi connectivity index (χ3v) is 3.74. The fraction of sp³-hybridized carbons (Fsp3) is 0.500. The smallest absolute Gasteiger partial charge is 0.339 e. The van der Waals surface area contributed by atoms with Crippen molar-refractivity contribution >= 4 is 17.7 Å². The van der Waals surface area contributed by atoms with Gasteiger partial charge in [-0.05, 0) is 36.0 Å². The standard InChI is InChI=1S/C14H20O3S/c1-11(2)10-18-9-5-8-17-13-7-4-3-6-12(13)14(15)16/h3-4,6-7,11H,5,8-10H2,1-2H3,(H,15,16). The lowest BCUT2D eigenvalue weighted by Gasteiger charge is -2.09. The van der Waals surface area contributed by atoms with Gasteiger partial charge in [-0.3, -0.25) is 0 Å². The number of thioether (sulfide) groups is 1. The summed E-state index contributed by atoms with van der Waals surface area (Å²) in [4.78, 5) is 10.9. The average molecular weight is 268 g/mol. The molecule has 18 heavy (non-hydrogen) atoms. The molecule has 4 heteroatoms. The summed E-state index contributed by atoms with van der Waals surface area (Å²) in [6.07, 6.45) is 0.936. The minimum Gasteiger partial charge on any atom is -0.493 e. The molecule has 0 saturated heterocycles. The molecule has 0 fully saturated rings. The van der Waals surface area contributed by atoms with Crippen molar-refractivity contribution in [3.63, 3.8) is 0 Å². The van der Waals surface area contributed by atoms with E-state index in [1.165, 1.54) is 0 Å². The van der Waals surface area contributed by atoms with Crippen molar-refractivity contribution in [3.05, 3.63) is 29.8 Å². The van der Waals surface area contributed by atoms with Crippen molar-refractivity contribution in [2.24, 2.45) is 5.92 Å². The summed E-state index contributed by atoms with van der Waals surface area (Å²) in [5.74, 6) is 2.43. The van der Waals surface area contributed by atoms with Crippen LogP contribution >= 0.6 is 11.8 Å². The van der Waals surface area contributed by atoms with Gasteiger partial charge in [0.25, 0.3) is 0 Å². The molecule has 0 radical (unpaired) electrons. The molecule has 1 N–H and O–H groups in total. The molecule has 0 aliphatic rings. The molecule has 0 aromatic heterocycles. The summed E-state index contributed by atoms with van der Waals surface area (Å²) in [6, 6.07) is 6.75. The number of ether oxygens (including phenoxy) is 1. The second kappa shape index (κ2) is 8.03. The topological polar surface area (TPSA) is 46.5 Å². The zero-order valence-electron chi connectivity index (χ0n) is 10.9. The first-order chi connectivity index (χ1) is 8.61. The SMILES string of the molecule is CC(C)CSCCCOc1ccccc1C(=O)O. The zero-order chi connectivity index (χ0) is 13.4. The van der Waals surface area contributed by atoms with Crippen molar-refractivity contribution in [1.29, 1.82) is 0 Å². The third-order valence-electron chi connectivity index (χ3n) is 2.26. The molecule has 0 unspecified atom stereocenters. The van der Waals surface area contributed by atoms with Crippen LogP contribution < -0.4 is 4.74 Å². The van der Waals surface area contributed by atoms with E-state index in [1.54, 1.807) is 24.3 Å². The molecule has 3 nitrogen and oxygen atoms in total. The number of benzene rings is 1. The van der Waals surface area contributed by atoms with Crippen molar-refractivity contribution < 1.29 is 14.6 Å². The normalized spacial score (nSPS) is 10.6. The first-order valence-electron chi connectivity index (χ1n) is 6.14. The Morgan fingerprint density at radius 3 is 2.78 bits per heavy atom. The Hall–Kier alpha value is -1.16. The summed E-state index contributed by atoms with van der Waals surface area (Å²) >= 11 is 1.91. The number of rotatable bonds is 8. The van der Waals surface area contributed by atoms with E-state index in [9.17, 15) is 4.79 Å². The van der Waals surface area contributed by atoms with E-state index in [-0.39, 0.29) is 5.56 Å². The lowest BCUT2D eigenvalue weighted by atomic mass is 10.2. The van der Waals surface area contributed by atoms with Crippen LogP contribution in [-0.4, -0.2) is 29.2 Å². The van der Waals surface area contributed by atoms with Gasteiger partial charge in [-0.1, -0.05) is 26.0 Å². The van der Waals surface area contributed by atoms with Crippen LogP contribution in [0.1, 0.15) is 30.6 Å². The van der Waals surface area contributed by atoms with Gasteiger partial charge in [0, 0.05) is 0 Å². The van der Waals surface area contributed by atoms with Gasteiger partial charge in [0.15, 0.2) is 0 Å². The highest BCUT2D eigenvalue weighted by atomic mass is 32.2. The Kier molecular flexibility index (Phi) is 6.65. The fourth-order valence-corrected chi connectivity index (χ4v) is 2.39. The Morgan fingerprint density at radius 2 is 2.11 bits per heavy atom. The van der Waals surface area contributed by atoms with E-state index < -0.39 is 5.97 Å². The quantitative estimate of drug-likeness (QED) is 0.732. The van der Waals surface area contributed by atoms with Gasteiger partial charge in [0.1, 0.15) is 11.3 Å². The number of carboxylic acids is 1. The first-order valence-corrected chi connectivity index (χ1v) is 7.29. The maximum Gasteiger partial charge on any atom is 0.339 e. The van der Waals surface area contributed by atoms with Crippen LogP contribution in [0.4, 0.5) is 0 Å². The second-order valence-corrected chi connectivity index (χ2v) is 5.62. The summed E-state index contributed by atoms with van der Waals surface area (Å²) < 4.78 is 5.51. The molecule has 0 atom stereocenters. The molecule has 1 aromatic carbocycles. The Morgan fingerprint density at radius 1 is 1.39 bits per heavy atom. The molecular formula is C14H20O3S. The molecule has 0 bridgehead atoms. The Balaban J connectivity index is 2.29. The van der Waals surface area contributed by atoms with E-state index in [2.05, 4.69) is 13.8 Å². The number of para-hydroxylation sites is 1. The van der Waals surface area contributed by atoms with Crippen LogP contribution in [0.15, 0.2) is 24.3 Å². The number of carboxylic acid groups (broad SMARTS) is 1. The molecule has 0 heterocycles. The minimum absolute atomic E-state index is 0.229. The van der Waals surface area contributed by atoms with Crippen molar-refractivity contribution in [2.75, 3.05) is 18.1 Å². The van der Waals surface area contributed by atoms with Gasteiger partial charge in [-0.25, -0.2) is 4.79 Å². The summed E-state index contributed by atoms with van der Waals surface area (Å²) in [5, 5.41) is 8.98. The summed E-state index contributed by atoms with van der Waals surface area (Å²) in [5.41, 5.74) is 0.229. The monoisotopic (exact) mass is 268 g/mol. The van der Waals surface area contributed by atoms with Crippen molar-refractivity contribution in [3.8, 4) is 5.75 Å². The highest BCUT2D eigenvalue weighted by Gasteiger charge is 2.09. The van der Waals surface area contributed by atoms with Crippen LogP contribution in [-0.2, 0) is 0 Å². The van der Waals surface area contributed by atoms with E-state index in [0.717, 1.165) is 17.9 Å². The van der Waals surface area contributed by atoms with E-state index in [0.29, 0.717) is 18.3 Å². The number of hydrogen-bond acceptors (Lipinski definition) is 3. The summed E-state index contributed by atoms with van der Waals surface area (Å²) in [7, 11) is 0. The van der Waals surface area contributed by atoms with Gasteiger partial charge in [0.2, 0.25) is 0 Å². The minimum atomic E-state index is -0.945. The van der Waals surface area contributed by atoms with Gasteiger partial charge in [0.05, 0.1) is 6.61 Å². The molecule has 100 valence electrons. The Bertz CT molecular complexity index is 377. The molecule has 0 saturated carbocycles. The first kappa shape index (κ1) is 14.9. The van der Waals surface area contributed by atoms with Gasteiger partial charge >= 0.3 is 5.97 Å². The Labute approximate surface area is 113 Å². The maximum absolute atomic E-state index is 10.9. The third kappa shape index (κ3) is 5.45. The van der Waals surface area contributed by atoms with Crippen LogP contribution in [0.2, 0.25) is 0 Å². The van der Waals surface area contributed by atoms with Crippen LogP contribution in [0.3, 0.4) is 0 Å². The zero-order valence-corrected chi connectivity index (χ0v) is 11.7. The van der Waals surface area contributed by atoms with Gasteiger partial charge in [-0.2, -0.15) is 11.8 Å². The predicted molar refractivity (Wildman–Crippen MR) is 75.7 cm³/mol. The maximum atomic E-state index is 10.9. The molecule has 0 aliphatic heterocycles. The molecule has 0 spiro atoms. The number of carbonyl (C=O) groups is 1. The predicted octanol–water partition coefficient (Wildman–Crippen LogP) is 3.54. The van der Waals surface area contributed by atoms with Gasteiger partial charge < -0.3 is 9.84 Å². The van der Waals surface area contributed by atoms with E-state index >= 15 is 0 Å². The fourth-order valence-electron chi connectivity index (χ4n) is 1.43. The molecule has 0 amide bonds. The highest BCUT2D eigenvalue weighted by molar-refractivity contribution is 7.99. The van der Waals surface area contributed by atoms with Crippen LogP contribution in [0, 0.1) is 5.92 Å². The molecule has 1 aromatic rings. The largest absolute Gasteiger partial charge is 0.493 e. The lowest BCUT2D eigenvalue weighted by molar-refractivity contribution is 0.0692. The van der Waals surface area contributed by atoms with Crippen molar-refractivity contribution in [2.45, 2.75) is 20.3 Å². The molecule has 0 aliphatic carbocycles. The second-order valence-electron chi connectivity index (χ2n) is 4.47. The molecule has 1 rings (SSSR count). The van der Waals surface area contributed by atoms with Crippen molar-refractivity contribution in [1.82, 2.24) is 0 Å². The number of aromatic carboxylic acids is 1. The lowest BCUT2D eigenvalue weighted by Crippen LogP contribution is -2.05.